The lowest BCUT2D eigenvalue weighted by Crippen LogP contribution is -2.14. The number of aromatic amines is 2. The summed E-state index contributed by atoms with van der Waals surface area (Å²) in [6, 6.07) is 5.32. The molecule has 0 aliphatic carbocycles. The third kappa shape index (κ3) is 3.37. The zero-order chi connectivity index (χ0) is 14.5. The molecule has 2 aromatic rings. The molecule has 20 heavy (non-hydrogen) atoms. The van der Waals surface area contributed by atoms with Gasteiger partial charge in [-0.15, -0.1) is 0 Å². The van der Waals surface area contributed by atoms with Crippen LogP contribution in [0.15, 0.2) is 29.2 Å². The fraction of sp³-hybridized carbons (Fsp3) is 0.143. The van der Waals surface area contributed by atoms with Gasteiger partial charge in [-0.25, -0.2) is 4.79 Å². The van der Waals surface area contributed by atoms with Crippen molar-refractivity contribution in [2.45, 2.75) is 6.92 Å². The van der Waals surface area contributed by atoms with E-state index < -0.39 is 11.6 Å². The molecule has 1 amide bonds. The zero-order valence-electron chi connectivity index (χ0n) is 10.8. The van der Waals surface area contributed by atoms with Crippen LogP contribution in [0.3, 0.4) is 0 Å². The van der Waals surface area contributed by atoms with Gasteiger partial charge in [-0.05, 0) is 30.7 Å². The Morgan fingerprint density at radius 2 is 2.20 bits per heavy atom. The average molecular weight is 271 g/mol. The number of aliphatic hydroxyl groups excluding tert-OH is 1. The van der Waals surface area contributed by atoms with E-state index in [0.29, 0.717) is 11.3 Å². The Hall–Kier alpha value is -2.78. The van der Waals surface area contributed by atoms with Crippen LogP contribution in [0.2, 0.25) is 0 Å². The van der Waals surface area contributed by atoms with Crippen molar-refractivity contribution in [1.82, 2.24) is 9.97 Å². The van der Waals surface area contributed by atoms with Crippen LogP contribution in [0.5, 0.6) is 0 Å². The lowest BCUT2D eigenvalue weighted by molar-refractivity contribution is 0.102. The monoisotopic (exact) mass is 271 g/mol. The van der Waals surface area contributed by atoms with E-state index in [-0.39, 0.29) is 12.3 Å². The Labute approximate surface area is 114 Å². The molecule has 0 radical (unpaired) electrons. The minimum Gasteiger partial charge on any atom is -0.384 e. The standard InChI is InChI=1S/C14H13N3O3/c1-9-5-10(3-2-4-18)7-11(6-9)16-13(19)12-8-15-14(20)17-12/h5-8,18H,4H2,1H3,(H,16,19)(H2,15,17,20). The van der Waals surface area contributed by atoms with Crippen molar-refractivity contribution < 1.29 is 9.90 Å². The second kappa shape index (κ2) is 5.91. The van der Waals surface area contributed by atoms with E-state index in [1.807, 2.05) is 13.0 Å². The van der Waals surface area contributed by atoms with E-state index in [4.69, 9.17) is 5.11 Å². The summed E-state index contributed by atoms with van der Waals surface area (Å²) in [6.07, 6.45) is 1.31. The molecule has 0 fully saturated rings. The summed E-state index contributed by atoms with van der Waals surface area (Å²) in [5, 5.41) is 11.4. The Morgan fingerprint density at radius 1 is 1.40 bits per heavy atom. The SMILES string of the molecule is Cc1cc(C#CCO)cc(NC(=O)c2c[nH]c(=O)[nH]2)c1. The summed E-state index contributed by atoms with van der Waals surface area (Å²) in [7, 11) is 0. The van der Waals surface area contributed by atoms with E-state index in [1.54, 1.807) is 12.1 Å². The van der Waals surface area contributed by atoms with E-state index in [0.717, 1.165) is 5.56 Å². The molecular weight excluding hydrogens is 258 g/mol. The third-order valence-electron chi connectivity index (χ3n) is 2.49. The molecule has 0 saturated carbocycles. The largest absolute Gasteiger partial charge is 0.384 e. The molecule has 0 aliphatic heterocycles. The lowest BCUT2D eigenvalue weighted by Gasteiger charge is -2.05. The minimum atomic E-state index is -0.436. The van der Waals surface area contributed by atoms with Crippen LogP contribution < -0.4 is 11.0 Å². The van der Waals surface area contributed by atoms with Gasteiger partial charge in [0.1, 0.15) is 12.3 Å². The number of imidazole rings is 1. The Kier molecular flexibility index (Phi) is 4.03. The first kappa shape index (κ1) is 13.6. The quantitative estimate of drug-likeness (QED) is 0.602. The van der Waals surface area contributed by atoms with E-state index >= 15 is 0 Å². The van der Waals surface area contributed by atoms with Crippen LogP contribution in [0.1, 0.15) is 21.6 Å². The first-order chi connectivity index (χ1) is 9.58. The van der Waals surface area contributed by atoms with Gasteiger partial charge in [0.25, 0.3) is 5.91 Å². The number of benzene rings is 1. The van der Waals surface area contributed by atoms with Crippen LogP contribution in [-0.2, 0) is 0 Å². The van der Waals surface area contributed by atoms with E-state index in [2.05, 4.69) is 27.1 Å². The van der Waals surface area contributed by atoms with Gasteiger partial charge in [-0.1, -0.05) is 11.8 Å². The van der Waals surface area contributed by atoms with E-state index in [9.17, 15) is 9.59 Å². The van der Waals surface area contributed by atoms with Gasteiger partial charge in [0, 0.05) is 17.4 Å². The predicted octanol–water partition coefficient (Wildman–Crippen LogP) is 0.608. The number of nitrogens with one attached hydrogen (secondary N) is 3. The highest BCUT2D eigenvalue weighted by molar-refractivity contribution is 6.02. The highest BCUT2D eigenvalue weighted by Gasteiger charge is 2.08. The number of H-pyrrole nitrogens is 2. The summed E-state index contributed by atoms with van der Waals surface area (Å²) < 4.78 is 0. The first-order valence-electron chi connectivity index (χ1n) is 5.89. The second-order valence-electron chi connectivity index (χ2n) is 4.16. The molecule has 0 spiro atoms. The molecule has 1 heterocycles. The number of aryl methyl sites for hydroxylation is 1. The van der Waals surface area contributed by atoms with Gasteiger partial charge in [-0.3, -0.25) is 4.79 Å². The van der Waals surface area contributed by atoms with Crippen molar-refractivity contribution in [2.75, 3.05) is 11.9 Å². The fourth-order valence-electron chi connectivity index (χ4n) is 1.72. The van der Waals surface area contributed by atoms with Gasteiger partial charge in [0.05, 0.1) is 0 Å². The molecule has 2 rings (SSSR count). The third-order valence-corrected chi connectivity index (χ3v) is 2.49. The number of hydrogen-bond donors (Lipinski definition) is 4. The van der Waals surface area contributed by atoms with Gasteiger partial charge < -0.3 is 20.4 Å². The molecule has 0 atom stereocenters. The van der Waals surface area contributed by atoms with Crippen LogP contribution >= 0.6 is 0 Å². The average Bonchev–Trinajstić information content (AvgIpc) is 2.82. The number of carbonyl (C=O) groups excluding carboxylic acids is 1. The maximum atomic E-state index is 11.9. The summed E-state index contributed by atoms with van der Waals surface area (Å²) in [5.74, 6) is 4.90. The molecule has 102 valence electrons. The summed E-state index contributed by atoms with van der Waals surface area (Å²) >= 11 is 0. The van der Waals surface area contributed by atoms with Crippen molar-refractivity contribution >= 4 is 11.6 Å². The number of carbonyl (C=O) groups is 1. The van der Waals surface area contributed by atoms with Crippen molar-refractivity contribution in [2.24, 2.45) is 0 Å². The van der Waals surface area contributed by atoms with Crippen molar-refractivity contribution in [3.63, 3.8) is 0 Å². The van der Waals surface area contributed by atoms with Gasteiger partial charge in [0.15, 0.2) is 0 Å². The highest BCUT2D eigenvalue weighted by Crippen LogP contribution is 2.14. The fourth-order valence-corrected chi connectivity index (χ4v) is 1.72. The normalized spacial score (nSPS) is 9.70. The molecule has 6 heteroatoms. The Morgan fingerprint density at radius 3 is 2.85 bits per heavy atom. The van der Waals surface area contributed by atoms with Crippen molar-refractivity contribution in [1.29, 1.82) is 0 Å². The van der Waals surface area contributed by atoms with Crippen molar-refractivity contribution in [3.8, 4) is 11.8 Å². The molecule has 6 nitrogen and oxygen atoms in total. The Balaban J connectivity index is 2.23. The van der Waals surface area contributed by atoms with Gasteiger partial charge in [-0.2, -0.15) is 0 Å². The minimum absolute atomic E-state index is 0.152. The molecule has 0 unspecified atom stereocenters. The number of rotatable bonds is 2. The van der Waals surface area contributed by atoms with Crippen molar-refractivity contribution in [3.05, 3.63) is 51.7 Å². The number of aromatic nitrogens is 2. The molecule has 0 saturated heterocycles. The maximum absolute atomic E-state index is 11.9. The molecule has 0 aliphatic rings. The van der Waals surface area contributed by atoms with Crippen LogP contribution in [-0.4, -0.2) is 27.6 Å². The van der Waals surface area contributed by atoms with E-state index in [1.165, 1.54) is 6.20 Å². The molecular formula is C14H13N3O3. The smallest absolute Gasteiger partial charge is 0.323 e. The summed E-state index contributed by atoms with van der Waals surface area (Å²) in [6.45, 7) is 1.65. The lowest BCUT2D eigenvalue weighted by atomic mass is 10.1. The number of amides is 1. The topological polar surface area (TPSA) is 98.0 Å². The van der Waals surface area contributed by atoms with Crippen LogP contribution in [0.4, 0.5) is 5.69 Å². The number of anilines is 1. The molecule has 4 N–H and O–H groups in total. The summed E-state index contributed by atoms with van der Waals surface area (Å²) in [4.78, 5) is 27.6. The Bertz CT molecular complexity index is 747. The van der Waals surface area contributed by atoms with Gasteiger partial charge in [0.2, 0.25) is 0 Å². The highest BCUT2D eigenvalue weighted by atomic mass is 16.2. The van der Waals surface area contributed by atoms with Gasteiger partial charge >= 0.3 is 5.69 Å². The molecule has 1 aromatic carbocycles. The summed E-state index contributed by atoms with van der Waals surface area (Å²) in [5.41, 5.74) is 1.90. The zero-order valence-corrected chi connectivity index (χ0v) is 10.8. The maximum Gasteiger partial charge on any atom is 0.323 e. The predicted molar refractivity (Wildman–Crippen MR) is 74.5 cm³/mol. The van der Waals surface area contributed by atoms with Crippen LogP contribution in [0.25, 0.3) is 0 Å². The first-order valence-corrected chi connectivity index (χ1v) is 5.89. The van der Waals surface area contributed by atoms with Crippen LogP contribution in [0, 0.1) is 18.8 Å². The molecule has 0 bridgehead atoms. The number of aliphatic hydroxyl groups is 1. The second-order valence-corrected chi connectivity index (χ2v) is 4.16. The molecule has 1 aromatic heterocycles. The number of hydrogen-bond acceptors (Lipinski definition) is 3.